The van der Waals surface area contributed by atoms with Crippen LogP contribution in [0, 0.1) is 27.7 Å². The van der Waals surface area contributed by atoms with Gasteiger partial charge in [-0.3, -0.25) is 28.8 Å². The Bertz CT molecular complexity index is 2950. The molecule has 6 N–H and O–H groups in total. The van der Waals surface area contributed by atoms with Gasteiger partial charge in [-0.2, -0.15) is 0 Å². The molecule has 14 nitrogen and oxygen atoms in total. The largest absolute Gasteiger partial charge is 0.457 e. The van der Waals surface area contributed by atoms with Crippen molar-refractivity contribution in [1.29, 1.82) is 0 Å². The van der Waals surface area contributed by atoms with Crippen molar-refractivity contribution in [3.8, 4) is 23.0 Å². The van der Waals surface area contributed by atoms with Gasteiger partial charge in [-0.05, 0) is 160 Å². The Morgan fingerprint density at radius 3 is 1.45 bits per heavy atom. The van der Waals surface area contributed by atoms with Gasteiger partial charge in [-0.1, -0.05) is 38.1 Å². The summed E-state index contributed by atoms with van der Waals surface area (Å²) in [5.41, 5.74) is 17.4. The summed E-state index contributed by atoms with van der Waals surface area (Å²) >= 11 is 0. The Morgan fingerprint density at radius 1 is 0.580 bits per heavy atom. The second kappa shape index (κ2) is 20.9. The lowest BCUT2D eigenvalue weighted by molar-refractivity contribution is 0.0908. The number of fused-ring (bicyclic) bond motifs is 1. The number of nitrogens with two attached hydrogens (primary N) is 2. The summed E-state index contributed by atoms with van der Waals surface area (Å²) in [6, 6.07) is 31.8. The number of rotatable bonds is 14. The van der Waals surface area contributed by atoms with Crippen LogP contribution >= 0.6 is 0 Å². The molecule has 0 spiro atoms. The average molecular weight is 931 g/mol. The van der Waals surface area contributed by atoms with Crippen molar-refractivity contribution in [1.82, 2.24) is 10.6 Å². The third-order valence-corrected chi connectivity index (χ3v) is 11.9. The van der Waals surface area contributed by atoms with Gasteiger partial charge in [0.2, 0.25) is 0 Å². The zero-order valence-corrected chi connectivity index (χ0v) is 40.6. The lowest BCUT2D eigenvalue weighted by Gasteiger charge is -2.29. The van der Waals surface area contributed by atoms with Gasteiger partial charge in [0.15, 0.2) is 11.6 Å². The lowest BCUT2D eigenvalue weighted by atomic mass is 9.76. The summed E-state index contributed by atoms with van der Waals surface area (Å²) in [5, 5.41) is 5.13. The number of imide groups is 1. The summed E-state index contributed by atoms with van der Waals surface area (Å²) in [6.45, 7) is 15.2. The molecule has 0 atom stereocenters. The highest BCUT2D eigenvalue weighted by molar-refractivity contribution is 6.34. The van der Waals surface area contributed by atoms with E-state index in [1.54, 1.807) is 24.3 Å². The molecule has 0 saturated heterocycles. The molecule has 1 aliphatic rings. The summed E-state index contributed by atoms with van der Waals surface area (Å²) in [7, 11) is 4.02. The van der Waals surface area contributed by atoms with Crippen LogP contribution in [-0.2, 0) is 5.41 Å². The number of nitrogens with one attached hydrogen (secondary N) is 2. The summed E-state index contributed by atoms with van der Waals surface area (Å²) in [5.74, 6) is -0.103. The van der Waals surface area contributed by atoms with Crippen molar-refractivity contribution in [2.45, 2.75) is 60.8 Å². The Labute approximate surface area is 402 Å². The number of hydrogen-bond acceptors (Lipinski definition) is 11. The van der Waals surface area contributed by atoms with E-state index in [1.165, 1.54) is 50.2 Å². The van der Waals surface area contributed by atoms with E-state index in [4.69, 9.17) is 9.47 Å². The SMILES string of the molecule is CC(=O)c1ccc(C(=O)NCNC(=O)c2ccc3c(c2)C(=O)N(c2ccc(Oc4c(C)cc(C(C)(C)c5cc(C)c(Oc6ccc(N(C)C)cc6)c(C)c5)cc4C)cc2)C3=O)cc1C(C)=O.NCN. The van der Waals surface area contributed by atoms with Crippen LogP contribution in [0.5, 0.6) is 23.0 Å². The molecular weight excluding hydrogens is 873 g/mol. The van der Waals surface area contributed by atoms with Crippen molar-refractivity contribution in [2.75, 3.05) is 37.2 Å². The van der Waals surface area contributed by atoms with Gasteiger partial charge in [-0.15, -0.1) is 0 Å². The molecule has 0 bridgehead atoms. The van der Waals surface area contributed by atoms with Crippen LogP contribution in [0.2, 0.25) is 0 Å². The second-order valence-corrected chi connectivity index (χ2v) is 17.6. The van der Waals surface area contributed by atoms with Gasteiger partial charge in [0, 0.05) is 54.1 Å². The lowest BCUT2D eigenvalue weighted by Crippen LogP contribution is -2.37. The predicted octanol–water partition coefficient (Wildman–Crippen LogP) is 9.08. The number of anilines is 2. The molecule has 1 heterocycles. The molecular formula is C55H58N6O8. The number of carbonyl (C=O) groups is 6. The molecule has 356 valence electrons. The van der Waals surface area contributed by atoms with Crippen LogP contribution in [0.25, 0.3) is 0 Å². The summed E-state index contributed by atoms with van der Waals surface area (Å²) in [4.78, 5) is 80.1. The van der Waals surface area contributed by atoms with Gasteiger partial charge >= 0.3 is 0 Å². The number of ether oxygens (including phenoxy) is 2. The third kappa shape index (κ3) is 10.9. The van der Waals surface area contributed by atoms with Crippen LogP contribution in [0.15, 0.2) is 109 Å². The maximum atomic E-state index is 13.7. The first-order valence-corrected chi connectivity index (χ1v) is 22.3. The number of ketones is 2. The number of benzene rings is 6. The first-order valence-electron chi connectivity index (χ1n) is 22.3. The molecule has 14 heteroatoms. The molecule has 69 heavy (non-hydrogen) atoms. The minimum Gasteiger partial charge on any atom is -0.457 e. The van der Waals surface area contributed by atoms with Gasteiger partial charge in [-0.25, -0.2) is 4.90 Å². The van der Waals surface area contributed by atoms with E-state index in [0.29, 0.717) is 17.2 Å². The van der Waals surface area contributed by atoms with E-state index in [0.717, 1.165) is 55.5 Å². The molecule has 4 amide bonds. The highest BCUT2D eigenvalue weighted by Crippen LogP contribution is 2.41. The number of hydrogen-bond donors (Lipinski definition) is 4. The molecule has 1 aliphatic heterocycles. The topological polar surface area (TPSA) is 203 Å². The van der Waals surface area contributed by atoms with E-state index in [2.05, 4.69) is 79.0 Å². The van der Waals surface area contributed by atoms with E-state index in [-0.39, 0.29) is 63.7 Å². The Kier molecular flexibility index (Phi) is 15.3. The summed E-state index contributed by atoms with van der Waals surface area (Å²) < 4.78 is 12.8. The van der Waals surface area contributed by atoms with Crippen molar-refractivity contribution in [3.05, 3.63) is 176 Å². The molecule has 0 aliphatic carbocycles. The normalized spacial score (nSPS) is 11.9. The fourth-order valence-corrected chi connectivity index (χ4v) is 8.13. The zero-order chi connectivity index (χ0) is 50.5. The number of carbonyl (C=O) groups excluding carboxylic acids is 6. The quantitative estimate of drug-likeness (QED) is 0.0461. The van der Waals surface area contributed by atoms with Gasteiger partial charge in [0.1, 0.15) is 23.0 Å². The average Bonchev–Trinajstić information content (AvgIpc) is 3.56. The Morgan fingerprint density at radius 2 is 1.00 bits per heavy atom. The van der Waals surface area contributed by atoms with Crippen LogP contribution in [0.3, 0.4) is 0 Å². The van der Waals surface area contributed by atoms with Crippen molar-refractivity contribution in [2.24, 2.45) is 11.5 Å². The number of aryl methyl sites for hydroxylation is 4. The molecule has 0 aromatic heterocycles. The summed E-state index contributed by atoms with van der Waals surface area (Å²) in [6.07, 6.45) is 0. The minimum atomic E-state index is -0.593. The van der Waals surface area contributed by atoms with Crippen molar-refractivity contribution >= 4 is 46.6 Å². The smallest absolute Gasteiger partial charge is 0.266 e. The number of nitrogens with zero attached hydrogens (tertiary/aromatic N) is 2. The second-order valence-electron chi connectivity index (χ2n) is 17.6. The van der Waals surface area contributed by atoms with E-state index in [9.17, 15) is 28.8 Å². The molecule has 7 rings (SSSR count). The third-order valence-electron chi connectivity index (χ3n) is 11.9. The molecule has 0 unspecified atom stereocenters. The Hall–Kier alpha value is -7.94. The number of amides is 4. The predicted molar refractivity (Wildman–Crippen MR) is 268 cm³/mol. The maximum absolute atomic E-state index is 13.7. The van der Waals surface area contributed by atoms with E-state index in [1.807, 2.05) is 52.2 Å². The van der Waals surface area contributed by atoms with Crippen LogP contribution < -0.4 is 41.4 Å². The van der Waals surface area contributed by atoms with Crippen molar-refractivity contribution in [3.63, 3.8) is 0 Å². The minimum absolute atomic E-state index is 0.0641. The van der Waals surface area contributed by atoms with Gasteiger partial charge < -0.3 is 36.5 Å². The Balaban J connectivity index is 0.00000254. The number of Topliss-reactive ketones (excluding diaryl/α,β-unsaturated/α-hetero) is 2. The van der Waals surface area contributed by atoms with Gasteiger partial charge in [0.05, 0.1) is 23.5 Å². The highest BCUT2D eigenvalue weighted by atomic mass is 16.5. The molecule has 6 aromatic carbocycles. The maximum Gasteiger partial charge on any atom is 0.266 e. The molecule has 0 fully saturated rings. The first kappa shape index (κ1) is 50.5. The van der Waals surface area contributed by atoms with Gasteiger partial charge in [0.25, 0.3) is 23.6 Å². The van der Waals surface area contributed by atoms with Crippen LogP contribution in [-0.4, -0.2) is 62.6 Å². The van der Waals surface area contributed by atoms with E-state index >= 15 is 0 Å². The van der Waals surface area contributed by atoms with E-state index < -0.39 is 23.6 Å². The van der Waals surface area contributed by atoms with Crippen LogP contribution in [0.1, 0.15) is 123 Å². The molecule has 0 radical (unpaired) electrons. The zero-order valence-electron chi connectivity index (χ0n) is 40.6. The first-order chi connectivity index (χ1) is 32.7. The fraction of sp³-hybridized carbons (Fsp3) is 0.236. The van der Waals surface area contributed by atoms with Crippen molar-refractivity contribution < 1.29 is 38.2 Å². The monoisotopic (exact) mass is 930 g/mol. The standard InChI is InChI=1S/C54H52N4O8.CH6N2/c1-30-23-38(24-31(2)48(30)65-42-17-13-40(14-18-42)57(9)10)54(7,8)39-25-32(3)49(33(4)26-39)66-43-19-15-41(16-20-43)58-52(63)45-22-12-37(28-47(45)53(58)64)51(62)56-29-55-50(61)36-11-21-44(34(5)59)46(27-36)35(6)60;2-1-3/h11-28H,29H2,1-10H3,(H,55,61)(H,56,62);1-3H2. The highest BCUT2D eigenvalue weighted by Gasteiger charge is 2.37. The van der Waals surface area contributed by atoms with Crippen LogP contribution in [0.4, 0.5) is 11.4 Å². The molecule has 0 saturated carbocycles. The molecule has 6 aromatic rings. The fourth-order valence-electron chi connectivity index (χ4n) is 8.13.